The highest BCUT2D eigenvalue weighted by molar-refractivity contribution is 5.80. The molecule has 23 heavy (non-hydrogen) atoms. The molecule has 1 aromatic heterocycles. The normalized spacial score (nSPS) is 12.0. The topological polar surface area (TPSA) is 64.4 Å². The lowest BCUT2D eigenvalue weighted by molar-refractivity contribution is -0.144. The molecule has 118 valence electrons. The number of nitrogens with zero attached hydrogens (tertiary/aromatic N) is 1. The van der Waals surface area contributed by atoms with Crippen LogP contribution in [0.5, 0.6) is 0 Å². The van der Waals surface area contributed by atoms with E-state index in [4.69, 9.17) is 9.15 Å². The van der Waals surface area contributed by atoms with Gasteiger partial charge in [-0.15, -0.1) is 0 Å². The Hall–Kier alpha value is -2.82. The minimum atomic E-state index is -0.551. The first kappa shape index (κ1) is 15.1. The predicted molar refractivity (Wildman–Crippen MR) is 88.2 cm³/mol. The van der Waals surface area contributed by atoms with Gasteiger partial charge < -0.3 is 14.5 Å². The fourth-order valence-electron chi connectivity index (χ4n) is 2.37. The highest BCUT2D eigenvalue weighted by Gasteiger charge is 2.22. The average molecular weight is 310 g/mol. The van der Waals surface area contributed by atoms with E-state index in [0.29, 0.717) is 24.6 Å². The molecule has 0 fully saturated rings. The quantitative estimate of drug-likeness (QED) is 0.707. The van der Waals surface area contributed by atoms with E-state index in [2.05, 4.69) is 10.3 Å². The Morgan fingerprint density at radius 1 is 1.17 bits per heavy atom. The van der Waals surface area contributed by atoms with E-state index in [1.807, 2.05) is 54.6 Å². The molecule has 0 unspecified atom stereocenters. The summed E-state index contributed by atoms with van der Waals surface area (Å²) in [6.07, 6.45) is 0.498. The standard InChI is InChI=1S/C18H18N2O3/c1-2-22-17(21)15(12-13-8-4-3-5-9-13)20-18-19-14-10-6-7-11-16(14)23-18/h3-11,15H,2,12H2,1H3,(H,19,20)/t15-/m1/s1. The SMILES string of the molecule is CCOC(=O)[C@@H](Cc1ccccc1)Nc1nc2ccccc2o1. The first-order valence-electron chi connectivity index (χ1n) is 7.59. The molecule has 0 saturated heterocycles. The van der Waals surface area contributed by atoms with Crippen LogP contribution in [0.25, 0.3) is 11.1 Å². The van der Waals surface area contributed by atoms with Gasteiger partial charge in [0, 0.05) is 6.42 Å². The van der Waals surface area contributed by atoms with Gasteiger partial charge in [-0.2, -0.15) is 4.98 Å². The molecule has 0 aliphatic carbocycles. The van der Waals surface area contributed by atoms with Crippen molar-refractivity contribution < 1.29 is 13.9 Å². The molecule has 3 rings (SSSR count). The summed E-state index contributed by atoms with van der Waals surface area (Å²) in [4.78, 5) is 16.6. The lowest BCUT2D eigenvalue weighted by Gasteiger charge is -2.16. The molecule has 1 N–H and O–H groups in total. The van der Waals surface area contributed by atoms with Gasteiger partial charge in [0.2, 0.25) is 0 Å². The molecule has 2 aromatic carbocycles. The Kier molecular flexibility index (Phi) is 4.57. The summed E-state index contributed by atoms with van der Waals surface area (Å²) < 4.78 is 10.8. The molecule has 0 radical (unpaired) electrons. The average Bonchev–Trinajstić information content (AvgIpc) is 2.98. The van der Waals surface area contributed by atoms with Crippen molar-refractivity contribution in [2.24, 2.45) is 0 Å². The number of carbonyl (C=O) groups is 1. The van der Waals surface area contributed by atoms with E-state index in [0.717, 1.165) is 11.1 Å². The van der Waals surface area contributed by atoms with Crippen molar-refractivity contribution in [2.45, 2.75) is 19.4 Å². The summed E-state index contributed by atoms with van der Waals surface area (Å²) >= 11 is 0. The molecule has 0 aliphatic rings. The molecule has 1 atom stereocenters. The van der Waals surface area contributed by atoms with Crippen molar-refractivity contribution in [3.05, 3.63) is 60.2 Å². The maximum absolute atomic E-state index is 12.2. The molecule has 0 spiro atoms. The summed E-state index contributed by atoms with van der Waals surface area (Å²) in [5.74, 6) is -0.321. The van der Waals surface area contributed by atoms with Crippen LogP contribution in [0, 0.1) is 0 Å². The number of para-hydroxylation sites is 2. The Balaban J connectivity index is 1.81. The number of hydrogen-bond donors (Lipinski definition) is 1. The van der Waals surface area contributed by atoms with Gasteiger partial charge in [-0.25, -0.2) is 4.79 Å². The number of ether oxygens (including phenoxy) is 1. The lowest BCUT2D eigenvalue weighted by atomic mass is 10.1. The van der Waals surface area contributed by atoms with Crippen molar-refractivity contribution in [3.8, 4) is 0 Å². The van der Waals surface area contributed by atoms with Gasteiger partial charge in [-0.1, -0.05) is 42.5 Å². The van der Waals surface area contributed by atoms with E-state index in [1.54, 1.807) is 6.92 Å². The van der Waals surface area contributed by atoms with Crippen molar-refractivity contribution >= 4 is 23.1 Å². The van der Waals surface area contributed by atoms with Gasteiger partial charge in [-0.3, -0.25) is 0 Å². The summed E-state index contributed by atoms with van der Waals surface area (Å²) in [5, 5.41) is 3.05. The van der Waals surface area contributed by atoms with Crippen LogP contribution in [0.4, 0.5) is 6.01 Å². The summed E-state index contributed by atoms with van der Waals surface area (Å²) in [5.41, 5.74) is 2.46. The fourth-order valence-corrected chi connectivity index (χ4v) is 2.37. The van der Waals surface area contributed by atoms with E-state index in [-0.39, 0.29) is 5.97 Å². The van der Waals surface area contributed by atoms with E-state index in [1.165, 1.54) is 0 Å². The largest absolute Gasteiger partial charge is 0.464 e. The molecule has 3 aromatic rings. The molecule has 5 nitrogen and oxygen atoms in total. The second kappa shape index (κ2) is 6.96. The summed E-state index contributed by atoms with van der Waals surface area (Å²) in [7, 11) is 0. The molecule has 0 bridgehead atoms. The number of hydrogen-bond acceptors (Lipinski definition) is 5. The number of rotatable bonds is 6. The lowest BCUT2D eigenvalue weighted by Crippen LogP contribution is -2.33. The maximum Gasteiger partial charge on any atom is 0.329 e. The van der Waals surface area contributed by atoms with Gasteiger partial charge >= 0.3 is 5.97 Å². The first-order valence-corrected chi connectivity index (χ1v) is 7.59. The van der Waals surface area contributed by atoms with Crippen LogP contribution in [0.3, 0.4) is 0 Å². The predicted octanol–water partition coefficient (Wildman–Crippen LogP) is 3.41. The van der Waals surface area contributed by atoms with Crippen molar-refractivity contribution in [1.29, 1.82) is 0 Å². The second-order valence-corrected chi connectivity index (χ2v) is 5.13. The Morgan fingerprint density at radius 3 is 2.65 bits per heavy atom. The van der Waals surface area contributed by atoms with Crippen LogP contribution in [0.1, 0.15) is 12.5 Å². The molecule has 0 aliphatic heterocycles. The van der Waals surface area contributed by atoms with Crippen molar-refractivity contribution in [1.82, 2.24) is 4.98 Å². The van der Waals surface area contributed by atoms with Crippen molar-refractivity contribution in [2.75, 3.05) is 11.9 Å². The Labute approximate surface area is 134 Å². The molecular weight excluding hydrogens is 292 g/mol. The smallest absolute Gasteiger partial charge is 0.329 e. The number of oxazole rings is 1. The molecule has 5 heteroatoms. The Morgan fingerprint density at radius 2 is 1.91 bits per heavy atom. The second-order valence-electron chi connectivity index (χ2n) is 5.13. The third-order valence-electron chi connectivity index (χ3n) is 3.45. The van der Waals surface area contributed by atoms with E-state index < -0.39 is 6.04 Å². The van der Waals surface area contributed by atoms with Gasteiger partial charge in [0.1, 0.15) is 11.6 Å². The zero-order chi connectivity index (χ0) is 16.1. The minimum absolute atomic E-state index is 0.320. The van der Waals surface area contributed by atoms with Gasteiger partial charge in [0.05, 0.1) is 6.61 Å². The monoisotopic (exact) mass is 310 g/mol. The fraction of sp³-hybridized carbons (Fsp3) is 0.222. The van der Waals surface area contributed by atoms with Crippen molar-refractivity contribution in [3.63, 3.8) is 0 Å². The minimum Gasteiger partial charge on any atom is -0.464 e. The van der Waals surface area contributed by atoms with Crippen LogP contribution < -0.4 is 5.32 Å². The number of carbonyl (C=O) groups excluding carboxylic acids is 1. The van der Waals surface area contributed by atoms with Gasteiger partial charge in [0.15, 0.2) is 5.58 Å². The zero-order valence-corrected chi connectivity index (χ0v) is 12.9. The van der Waals surface area contributed by atoms with Crippen LogP contribution in [-0.2, 0) is 16.0 Å². The van der Waals surface area contributed by atoms with Gasteiger partial charge in [-0.05, 0) is 24.6 Å². The molecule has 0 saturated carbocycles. The highest BCUT2D eigenvalue weighted by atomic mass is 16.5. The summed E-state index contributed by atoms with van der Waals surface area (Å²) in [6, 6.07) is 17.0. The van der Waals surface area contributed by atoms with E-state index >= 15 is 0 Å². The Bertz CT molecular complexity index is 750. The highest BCUT2D eigenvalue weighted by Crippen LogP contribution is 2.19. The number of anilines is 1. The molecule has 0 amide bonds. The van der Waals surface area contributed by atoms with Crippen LogP contribution >= 0.6 is 0 Å². The number of nitrogens with one attached hydrogen (secondary N) is 1. The number of aromatic nitrogens is 1. The number of esters is 1. The molecular formula is C18H18N2O3. The van der Waals surface area contributed by atoms with E-state index in [9.17, 15) is 4.79 Å². The number of fused-ring (bicyclic) bond motifs is 1. The van der Waals surface area contributed by atoms with Crippen LogP contribution in [0.2, 0.25) is 0 Å². The maximum atomic E-state index is 12.2. The third kappa shape index (κ3) is 3.69. The van der Waals surface area contributed by atoms with Crippen LogP contribution in [0.15, 0.2) is 59.0 Å². The van der Waals surface area contributed by atoms with Crippen LogP contribution in [-0.4, -0.2) is 23.6 Å². The van der Waals surface area contributed by atoms with Gasteiger partial charge in [0.25, 0.3) is 6.01 Å². The summed E-state index contributed by atoms with van der Waals surface area (Å²) in [6.45, 7) is 2.12. The zero-order valence-electron chi connectivity index (χ0n) is 12.9. The number of benzene rings is 2. The molecule has 1 heterocycles. The first-order chi connectivity index (χ1) is 11.3. The third-order valence-corrected chi connectivity index (χ3v) is 3.45.